The second-order valence-corrected chi connectivity index (χ2v) is 4.01. The molecule has 0 aromatic heterocycles. The van der Waals surface area contributed by atoms with Gasteiger partial charge < -0.3 is 20.7 Å². The maximum absolute atomic E-state index is 11.9. The van der Waals surface area contributed by atoms with Crippen LogP contribution >= 0.6 is 0 Å². The third-order valence-electron chi connectivity index (χ3n) is 2.83. The lowest BCUT2D eigenvalue weighted by molar-refractivity contribution is -0.128. The molecule has 1 aromatic rings. The van der Waals surface area contributed by atoms with E-state index in [9.17, 15) is 9.59 Å². The fourth-order valence-corrected chi connectivity index (χ4v) is 1.48. The van der Waals surface area contributed by atoms with Crippen molar-refractivity contribution >= 4 is 17.5 Å². The third-order valence-corrected chi connectivity index (χ3v) is 2.83. The number of methoxy groups -OCH3 is 1. The molecular weight excluding hydrogens is 246 g/mol. The molecule has 0 bridgehead atoms. The molecule has 0 unspecified atom stereocenters. The first-order chi connectivity index (χ1) is 9.01. The van der Waals surface area contributed by atoms with Gasteiger partial charge in [0, 0.05) is 13.6 Å². The molecule has 6 heteroatoms. The van der Waals surface area contributed by atoms with Crippen LogP contribution in [0.1, 0.15) is 17.3 Å². The van der Waals surface area contributed by atoms with Gasteiger partial charge in [-0.3, -0.25) is 9.59 Å². The molecule has 0 aliphatic carbocycles. The number of hydrogen-bond acceptors (Lipinski definition) is 4. The molecule has 0 fully saturated rings. The van der Waals surface area contributed by atoms with Crippen LogP contribution in [0.25, 0.3) is 0 Å². The van der Waals surface area contributed by atoms with Gasteiger partial charge in [-0.1, -0.05) is 6.07 Å². The number of anilines is 1. The first-order valence-electron chi connectivity index (χ1n) is 5.95. The summed E-state index contributed by atoms with van der Waals surface area (Å²) < 4.78 is 5.04. The van der Waals surface area contributed by atoms with Gasteiger partial charge in [-0.05, 0) is 19.1 Å². The van der Waals surface area contributed by atoms with E-state index in [4.69, 9.17) is 10.5 Å². The van der Waals surface area contributed by atoms with Gasteiger partial charge in [0.25, 0.3) is 5.91 Å². The molecule has 0 aliphatic heterocycles. The van der Waals surface area contributed by atoms with E-state index in [-0.39, 0.29) is 18.1 Å². The van der Waals surface area contributed by atoms with E-state index in [0.29, 0.717) is 17.9 Å². The van der Waals surface area contributed by atoms with E-state index < -0.39 is 5.91 Å². The van der Waals surface area contributed by atoms with Crippen molar-refractivity contribution in [3.63, 3.8) is 0 Å². The molecule has 1 rings (SSSR count). The predicted molar refractivity (Wildman–Crippen MR) is 73.1 cm³/mol. The largest absolute Gasteiger partial charge is 0.495 e. The van der Waals surface area contributed by atoms with Gasteiger partial charge in [0.2, 0.25) is 5.91 Å². The lowest BCUT2D eigenvalue weighted by Gasteiger charge is -2.15. The molecular formula is C13H19N3O3. The number of hydrogen-bond donors (Lipinski definition) is 2. The Hall–Kier alpha value is -2.24. The van der Waals surface area contributed by atoms with Crippen LogP contribution in [0.2, 0.25) is 0 Å². The van der Waals surface area contributed by atoms with Crippen LogP contribution in [0.5, 0.6) is 5.75 Å². The van der Waals surface area contributed by atoms with Crippen LogP contribution in [-0.4, -0.2) is 44.0 Å². The highest BCUT2D eigenvalue weighted by Crippen LogP contribution is 2.24. The molecule has 0 radical (unpaired) electrons. The normalized spacial score (nSPS) is 9.84. The summed E-state index contributed by atoms with van der Waals surface area (Å²) in [6.07, 6.45) is 0. The van der Waals surface area contributed by atoms with Gasteiger partial charge in [-0.15, -0.1) is 0 Å². The average molecular weight is 265 g/mol. The van der Waals surface area contributed by atoms with Crippen molar-refractivity contribution in [2.24, 2.45) is 0 Å². The first kappa shape index (κ1) is 14.8. The van der Waals surface area contributed by atoms with E-state index in [2.05, 4.69) is 5.32 Å². The molecule has 0 spiro atoms. The average Bonchev–Trinajstić information content (AvgIpc) is 2.43. The Morgan fingerprint density at radius 2 is 2.11 bits per heavy atom. The van der Waals surface area contributed by atoms with Crippen molar-refractivity contribution in [3.05, 3.63) is 23.8 Å². The number of rotatable bonds is 5. The number of nitrogens with one attached hydrogen (secondary N) is 1. The van der Waals surface area contributed by atoms with Crippen molar-refractivity contribution in [2.45, 2.75) is 6.92 Å². The lowest BCUT2D eigenvalue weighted by Crippen LogP contribution is -2.38. The smallest absolute Gasteiger partial charge is 0.253 e. The fourth-order valence-electron chi connectivity index (χ4n) is 1.48. The van der Waals surface area contributed by atoms with Crippen molar-refractivity contribution in [1.29, 1.82) is 0 Å². The van der Waals surface area contributed by atoms with E-state index in [1.165, 1.54) is 12.0 Å². The molecule has 19 heavy (non-hydrogen) atoms. The third kappa shape index (κ3) is 3.61. The second kappa shape index (κ2) is 6.63. The number of carbonyl (C=O) groups excluding carboxylic acids is 2. The van der Waals surface area contributed by atoms with E-state index in [1.807, 2.05) is 6.92 Å². The van der Waals surface area contributed by atoms with Crippen LogP contribution in [0, 0.1) is 0 Å². The van der Waals surface area contributed by atoms with Gasteiger partial charge in [0.1, 0.15) is 5.75 Å². The second-order valence-electron chi connectivity index (χ2n) is 4.01. The molecule has 6 nitrogen and oxygen atoms in total. The van der Waals surface area contributed by atoms with Gasteiger partial charge in [0.05, 0.1) is 24.9 Å². The molecule has 1 aromatic carbocycles. The minimum atomic E-state index is -0.394. The van der Waals surface area contributed by atoms with Gasteiger partial charge in [-0.25, -0.2) is 0 Å². The topological polar surface area (TPSA) is 84.7 Å². The summed E-state index contributed by atoms with van der Waals surface area (Å²) in [5, 5.41) is 2.54. The number of likely N-dealkylation sites (N-methyl/N-ethyl adjacent to an activating group) is 1. The Morgan fingerprint density at radius 3 is 2.68 bits per heavy atom. The van der Waals surface area contributed by atoms with E-state index >= 15 is 0 Å². The highest BCUT2D eigenvalue weighted by molar-refractivity contribution is 6.01. The maximum Gasteiger partial charge on any atom is 0.253 e. The SMILES string of the molecule is CCN(C)C(=O)CNC(=O)c1cccc(OC)c1N. The number of nitrogens with two attached hydrogens (primary N) is 1. The molecule has 3 N–H and O–H groups in total. The van der Waals surface area contributed by atoms with Gasteiger partial charge in [-0.2, -0.15) is 0 Å². The number of benzene rings is 1. The number of carbonyl (C=O) groups is 2. The zero-order valence-electron chi connectivity index (χ0n) is 11.4. The summed E-state index contributed by atoms with van der Waals surface area (Å²) in [6.45, 7) is 2.40. The van der Waals surface area contributed by atoms with Crippen LogP contribution in [0.3, 0.4) is 0 Å². The van der Waals surface area contributed by atoms with Gasteiger partial charge in [0.15, 0.2) is 0 Å². The first-order valence-corrected chi connectivity index (χ1v) is 5.95. The lowest BCUT2D eigenvalue weighted by atomic mass is 10.1. The molecule has 0 aliphatic rings. The minimum Gasteiger partial charge on any atom is -0.495 e. The highest BCUT2D eigenvalue weighted by atomic mass is 16.5. The summed E-state index contributed by atoms with van der Waals surface area (Å²) in [5.41, 5.74) is 6.37. The summed E-state index contributed by atoms with van der Waals surface area (Å²) in [7, 11) is 3.15. The highest BCUT2D eigenvalue weighted by Gasteiger charge is 2.14. The van der Waals surface area contributed by atoms with Crippen molar-refractivity contribution in [1.82, 2.24) is 10.2 Å². The summed E-state index contributed by atoms with van der Waals surface area (Å²) in [6, 6.07) is 4.92. The van der Waals surface area contributed by atoms with E-state index in [0.717, 1.165) is 0 Å². The molecule has 0 saturated carbocycles. The molecule has 104 valence electrons. The zero-order chi connectivity index (χ0) is 14.4. The monoisotopic (exact) mass is 265 g/mol. The number of ether oxygens (including phenoxy) is 1. The quantitative estimate of drug-likeness (QED) is 0.759. The summed E-state index contributed by atoms with van der Waals surface area (Å²) >= 11 is 0. The summed E-state index contributed by atoms with van der Waals surface area (Å²) in [5.74, 6) is -0.115. The Kier molecular flexibility index (Phi) is 5.17. The fraction of sp³-hybridized carbons (Fsp3) is 0.385. The van der Waals surface area contributed by atoms with Crippen molar-refractivity contribution in [2.75, 3.05) is 33.0 Å². The number of amides is 2. The Labute approximate surface area is 112 Å². The van der Waals surface area contributed by atoms with Crippen molar-refractivity contribution in [3.8, 4) is 5.75 Å². The number of nitrogens with zero attached hydrogens (tertiary/aromatic N) is 1. The van der Waals surface area contributed by atoms with E-state index in [1.54, 1.807) is 25.2 Å². The van der Waals surface area contributed by atoms with Crippen molar-refractivity contribution < 1.29 is 14.3 Å². The molecule has 0 heterocycles. The van der Waals surface area contributed by atoms with Crippen LogP contribution in [0.15, 0.2) is 18.2 Å². The maximum atomic E-state index is 11.9. The number of nitrogen functional groups attached to an aromatic ring is 1. The Morgan fingerprint density at radius 1 is 1.42 bits per heavy atom. The molecule has 0 saturated heterocycles. The molecule has 0 atom stereocenters. The van der Waals surface area contributed by atoms with Crippen LogP contribution < -0.4 is 15.8 Å². The predicted octanol–water partition coefficient (Wildman–Crippen LogP) is 0.485. The molecule has 2 amide bonds. The Bertz CT molecular complexity index is 474. The minimum absolute atomic E-state index is 0.0557. The van der Waals surface area contributed by atoms with Gasteiger partial charge >= 0.3 is 0 Å². The van der Waals surface area contributed by atoms with Crippen LogP contribution in [-0.2, 0) is 4.79 Å². The van der Waals surface area contributed by atoms with Crippen LogP contribution in [0.4, 0.5) is 5.69 Å². The number of para-hydroxylation sites is 1. The summed E-state index contributed by atoms with van der Waals surface area (Å²) in [4.78, 5) is 25.0. The Balaban J connectivity index is 2.72. The zero-order valence-corrected chi connectivity index (χ0v) is 11.4. The standard InChI is InChI=1S/C13H19N3O3/c1-4-16(2)11(17)8-15-13(18)9-6-5-7-10(19-3)12(9)14/h5-7H,4,8,14H2,1-3H3,(H,15,18).